The Labute approximate surface area is 154 Å². The van der Waals surface area contributed by atoms with Crippen LogP contribution >= 0.6 is 11.3 Å². The molecular weight excluding hydrogens is 352 g/mol. The maximum Gasteiger partial charge on any atom is 0.325 e. The van der Waals surface area contributed by atoms with E-state index in [2.05, 4.69) is 23.1 Å². The third-order valence-corrected chi connectivity index (χ3v) is 5.23. The zero-order chi connectivity index (χ0) is 18.8. The van der Waals surface area contributed by atoms with Crippen LogP contribution in [-0.4, -0.2) is 33.3 Å². The van der Waals surface area contributed by atoms with E-state index in [1.165, 1.54) is 28.7 Å². The Hall–Kier alpha value is -2.74. The van der Waals surface area contributed by atoms with E-state index in [-0.39, 0.29) is 12.5 Å². The minimum absolute atomic E-state index is 0.00153. The number of aromatic nitrogens is 3. The summed E-state index contributed by atoms with van der Waals surface area (Å²) in [6, 6.07) is 6.03. The maximum atomic E-state index is 12.7. The predicted molar refractivity (Wildman–Crippen MR) is 99.0 cm³/mol. The van der Waals surface area contributed by atoms with E-state index in [1.807, 2.05) is 19.1 Å². The van der Waals surface area contributed by atoms with Gasteiger partial charge in [0.25, 0.3) is 5.91 Å². The highest BCUT2D eigenvalue weighted by molar-refractivity contribution is 7.16. The van der Waals surface area contributed by atoms with Crippen molar-refractivity contribution < 1.29 is 14.3 Å². The highest BCUT2D eigenvalue weighted by Gasteiger charge is 2.16. The number of fused-ring (bicyclic) bond motifs is 1. The molecule has 0 fully saturated rings. The van der Waals surface area contributed by atoms with Crippen LogP contribution in [0, 0.1) is 6.92 Å². The maximum absolute atomic E-state index is 12.7. The lowest BCUT2D eigenvalue weighted by molar-refractivity contribution is -0.141. The summed E-state index contributed by atoms with van der Waals surface area (Å²) in [5.74, 6) is -0.779. The number of nitrogens with zero attached hydrogens (tertiary/aromatic N) is 4. The SMILES string of the molecule is CCc1ccc2c(c1)sc(=NC(=O)c1c(C)cnn1C)n2CC(=O)OC. The van der Waals surface area contributed by atoms with Crippen LogP contribution in [0.25, 0.3) is 10.2 Å². The van der Waals surface area contributed by atoms with Crippen molar-refractivity contribution >= 4 is 33.4 Å². The van der Waals surface area contributed by atoms with Gasteiger partial charge < -0.3 is 9.30 Å². The molecule has 0 radical (unpaired) electrons. The monoisotopic (exact) mass is 372 g/mol. The Morgan fingerprint density at radius 3 is 2.73 bits per heavy atom. The fourth-order valence-electron chi connectivity index (χ4n) is 2.76. The Morgan fingerprint density at radius 2 is 2.12 bits per heavy atom. The summed E-state index contributed by atoms with van der Waals surface area (Å²) in [6.45, 7) is 3.90. The van der Waals surface area contributed by atoms with Gasteiger partial charge >= 0.3 is 5.97 Å². The van der Waals surface area contributed by atoms with Gasteiger partial charge in [-0.1, -0.05) is 24.3 Å². The average Bonchev–Trinajstić information content (AvgIpc) is 3.13. The van der Waals surface area contributed by atoms with E-state index in [9.17, 15) is 9.59 Å². The summed E-state index contributed by atoms with van der Waals surface area (Å²) in [6.07, 6.45) is 2.54. The molecule has 0 unspecified atom stereocenters. The molecule has 0 aliphatic heterocycles. The lowest BCUT2D eigenvalue weighted by atomic mass is 10.2. The van der Waals surface area contributed by atoms with E-state index in [0.29, 0.717) is 10.5 Å². The molecule has 0 N–H and O–H groups in total. The molecule has 3 aromatic rings. The van der Waals surface area contributed by atoms with Gasteiger partial charge in [-0.25, -0.2) is 0 Å². The molecule has 2 heterocycles. The molecule has 0 saturated carbocycles. The second-order valence-electron chi connectivity index (χ2n) is 5.92. The van der Waals surface area contributed by atoms with Gasteiger partial charge in [0, 0.05) is 12.6 Å². The van der Waals surface area contributed by atoms with Crippen LogP contribution in [0.3, 0.4) is 0 Å². The number of hydrogen-bond donors (Lipinski definition) is 0. The lowest BCUT2D eigenvalue weighted by Gasteiger charge is -2.04. The molecule has 136 valence electrons. The molecule has 1 amide bonds. The largest absolute Gasteiger partial charge is 0.468 e. The third kappa shape index (κ3) is 3.32. The first-order chi connectivity index (χ1) is 12.4. The molecule has 0 atom stereocenters. The van der Waals surface area contributed by atoms with Gasteiger partial charge in [-0.3, -0.25) is 14.3 Å². The number of ether oxygens (including phenoxy) is 1. The van der Waals surface area contributed by atoms with Crippen molar-refractivity contribution in [2.24, 2.45) is 12.0 Å². The molecular formula is C18H20N4O3S. The van der Waals surface area contributed by atoms with Crippen LogP contribution in [-0.2, 0) is 29.5 Å². The summed E-state index contributed by atoms with van der Waals surface area (Å²) in [5.41, 5.74) is 3.23. The van der Waals surface area contributed by atoms with E-state index < -0.39 is 5.97 Å². The Balaban J connectivity index is 2.18. The molecule has 0 bridgehead atoms. The van der Waals surface area contributed by atoms with Crippen molar-refractivity contribution in [2.75, 3.05) is 7.11 Å². The van der Waals surface area contributed by atoms with Gasteiger partial charge in [-0.15, -0.1) is 0 Å². The Bertz CT molecular complexity index is 1040. The number of carbonyl (C=O) groups is 2. The van der Waals surface area contributed by atoms with Gasteiger partial charge in [-0.2, -0.15) is 10.1 Å². The van der Waals surface area contributed by atoms with E-state index in [0.717, 1.165) is 22.2 Å². The number of hydrogen-bond acceptors (Lipinski definition) is 5. The minimum atomic E-state index is -0.394. The first-order valence-electron chi connectivity index (χ1n) is 8.21. The molecule has 26 heavy (non-hydrogen) atoms. The lowest BCUT2D eigenvalue weighted by Crippen LogP contribution is -2.23. The smallest absolute Gasteiger partial charge is 0.325 e. The van der Waals surface area contributed by atoms with Gasteiger partial charge in [0.05, 0.1) is 23.5 Å². The van der Waals surface area contributed by atoms with Crippen molar-refractivity contribution in [1.82, 2.24) is 14.3 Å². The summed E-state index contributed by atoms with van der Waals surface area (Å²) in [5, 5.41) is 4.09. The number of methoxy groups -OCH3 is 1. The number of benzene rings is 1. The summed E-state index contributed by atoms with van der Waals surface area (Å²) >= 11 is 1.38. The van der Waals surface area contributed by atoms with Crippen LogP contribution in [0.4, 0.5) is 0 Å². The van der Waals surface area contributed by atoms with Gasteiger partial charge in [0.1, 0.15) is 12.2 Å². The fraction of sp³-hybridized carbons (Fsp3) is 0.333. The molecule has 1 aromatic carbocycles. The van der Waals surface area contributed by atoms with Crippen molar-refractivity contribution in [3.8, 4) is 0 Å². The molecule has 3 rings (SSSR count). The summed E-state index contributed by atoms with van der Waals surface area (Å²) < 4.78 is 8.99. The molecule has 0 aliphatic carbocycles. The quantitative estimate of drug-likeness (QED) is 0.658. The number of aryl methyl sites for hydroxylation is 3. The normalized spacial score (nSPS) is 11.9. The number of esters is 1. The summed E-state index contributed by atoms with van der Waals surface area (Å²) in [4.78, 5) is 29.3. The average molecular weight is 372 g/mol. The second-order valence-corrected chi connectivity index (χ2v) is 6.93. The van der Waals surface area contributed by atoms with Crippen molar-refractivity contribution in [2.45, 2.75) is 26.8 Å². The summed E-state index contributed by atoms with van der Waals surface area (Å²) in [7, 11) is 3.05. The van der Waals surface area contributed by atoms with E-state index in [4.69, 9.17) is 4.74 Å². The molecule has 0 aliphatic rings. The van der Waals surface area contributed by atoms with Crippen LogP contribution in [0.15, 0.2) is 29.4 Å². The van der Waals surface area contributed by atoms with Crippen LogP contribution in [0.1, 0.15) is 28.5 Å². The number of rotatable bonds is 4. The molecule has 0 saturated heterocycles. The van der Waals surface area contributed by atoms with Gasteiger partial charge in [0.15, 0.2) is 4.80 Å². The van der Waals surface area contributed by atoms with Crippen molar-refractivity contribution in [1.29, 1.82) is 0 Å². The first kappa shape index (κ1) is 18.1. The Kier molecular flexibility index (Phi) is 5.03. The molecule has 8 heteroatoms. The van der Waals surface area contributed by atoms with Crippen LogP contribution in [0.2, 0.25) is 0 Å². The number of thiazole rings is 1. The molecule has 2 aromatic heterocycles. The zero-order valence-corrected chi connectivity index (χ0v) is 16.0. The van der Waals surface area contributed by atoms with Crippen LogP contribution < -0.4 is 4.80 Å². The third-order valence-electron chi connectivity index (χ3n) is 4.19. The minimum Gasteiger partial charge on any atom is -0.468 e. The van der Waals surface area contributed by atoms with E-state index >= 15 is 0 Å². The first-order valence-corrected chi connectivity index (χ1v) is 9.03. The fourth-order valence-corrected chi connectivity index (χ4v) is 3.85. The standard InChI is InChI=1S/C18H20N4O3S/c1-5-12-6-7-13-14(8-12)26-18(22(13)10-15(23)25-4)20-17(24)16-11(2)9-19-21(16)3/h6-9H,5,10H2,1-4H3. The topological polar surface area (TPSA) is 78.5 Å². The molecule has 7 nitrogen and oxygen atoms in total. The number of amides is 1. The zero-order valence-electron chi connectivity index (χ0n) is 15.1. The van der Waals surface area contributed by atoms with E-state index in [1.54, 1.807) is 17.8 Å². The highest BCUT2D eigenvalue weighted by Crippen LogP contribution is 2.20. The predicted octanol–water partition coefficient (Wildman–Crippen LogP) is 2.22. The van der Waals surface area contributed by atoms with Crippen molar-refractivity contribution in [3.63, 3.8) is 0 Å². The highest BCUT2D eigenvalue weighted by atomic mass is 32.1. The molecule has 0 spiro atoms. The number of carbonyl (C=O) groups excluding carboxylic acids is 2. The van der Waals surface area contributed by atoms with Gasteiger partial charge in [0.2, 0.25) is 0 Å². The Morgan fingerprint density at radius 1 is 1.35 bits per heavy atom. The van der Waals surface area contributed by atoms with Gasteiger partial charge in [-0.05, 0) is 31.0 Å². The van der Waals surface area contributed by atoms with Crippen LogP contribution in [0.5, 0.6) is 0 Å². The second kappa shape index (κ2) is 7.25. The van der Waals surface area contributed by atoms with Crippen molar-refractivity contribution in [3.05, 3.63) is 46.0 Å².